The van der Waals surface area contributed by atoms with E-state index in [1.165, 1.54) is 11.0 Å². The van der Waals surface area contributed by atoms with Crippen molar-refractivity contribution in [2.24, 2.45) is 0 Å². The van der Waals surface area contributed by atoms with E-state index in [0.717, 1.165) is 34.0 Å². The Hall–Kier alpha value is -3.19. The highest BCUT2D eigenvalue weighted by molar-refractivity contribution is 9.10. The van der Waals surface area contributed by atoms with Crippen molar-refractivity contribution in [3.8, 4) is 5.75 Å². The standard InChI is InChI=1S/C30H34BrFN2O3/c1-4-5-15-33-30(36)27(18-23-11-7-6-8-12-23)34(19-24-13-9-10-14-26(24)32)28(35)20-37-25-16-21(2)29(31)22(3)17-25/h6-14,16-17,27H,4-5,15,18-20H2,1-3H3,(H,33,36). The monoisotopic (exact) mass is 568 g/mol. The van der Waals surface area contributed by atoms with Gasteiger partial charge in [-0.3, -0.25) is 9.59 Å². The second kappa shape index (κ2) is 13.9. The van der Waals surface area contributed by atoms with Crippen LogP contribution in [0.4, 0.5) is 4.39 Å². The van der Waals surface area contributed by atoms with Gasteiger partial charge in [-0.25, -0.2) is 4.39 Å². The molecule has 0 aliphatic heterocycles. The van der Waals surface area contributed by atoms with Crippen LogP contribution in [0.15, 0.2) is 71.2 Å². The number of hydrogen-bond donors (Lipinski definition) is 1. The van der Waals surface area contributed by atoms with Gasteiger partial charge < -0.3 is 15.0 Å². The molecule has 7 heteroatoms. The molecule has 0 bridgehead atoms. The molecule has 37 heavy (non-hydrogen) atoms. The summed E-state index contributed by atoms with van der Waals surface area (Å²) in [4.78, 5) is 28.5. The van der Waals surface area contributed by atoms with Crippen LogP contribution in [0.3, 0.4) is 0 Å². The summed E-state index contributed by atoms with van der Waals surface area (Å²) in [5, 5.41) is 2.96. The van der Waals surface area contributed by atoms with Crippen LogP contribution in [0.5, 0.6) is 5.75 Å². The maximum Gasteiger partial charge on any atom is 0.261 e. The molecule has 3 rings (SSSR count). The van der Waals surface area contributed by atoms with Crippen LogP contribution in [-0.2, 0) is 22.6 Å². The predicted octanol–water partition coefficient (Wildman–Crippen LogP) is 6.14. The fourth-order valence-electron chi connectivity index (χ4n) is 4.09. The number of carbonyl (C=O) groups is 2. The van der Waals surface area contributed by atoms with Crippen LogP contribution in [0.25, 0.3) is 0 Å². The number of aryl methyl sites for hydroxylation is 2. The van der Waals surface area contributed by atoms with Crippen molar-refractivity contribution in [3.05, 3.63) is 99.3 Å². The van der Waals surface area contributed by atoms with Gasteiger partial charge in [-0.05, 0) is 55.2 Å². The number of halogens is 2. The van der Waals surface area contributed by atoms with E-state index in [0.29, 0.717) is 24.3 Å². The predicted molar refractivity (Wildman–Crippen MR) is 148 cm³/mol. The van der Waals surface area contributed by atoms with E-state index in [1.54, 1.807) is 18.2 Å². The molecule has 0 aliphatic rings. The minimum atomic E-state index is -0.830. The van der Waals surface area contributed by atoms with E-state index >= 15 is 0 Å². The van der Waals surface area contributed by atoms with Crippen molar-refractivity contribution in [3.63, 3.8) is 0 Å². The highest BCUT2D eigenvalue weighted by Crippen LogP contribution is 2.26. The third-order valence-corrected chi connectivity index (χ3v) is 7.42. The van der Waals surface area contributed by atoms with Crippen LogP contribution in [0.1, 0.15) is 42.0 Å². The Morgan fingerprint density at radius 2 is 1.68 bits per heavy atom. The smallest absolute Gasteiger partial charge is 0.261 e. The first-order valence-electron chi connectivity index (χ1n) is 12.5. The maximum atomic E-state index is 14.7. The first-order chi connectivity index (χ1) is 17.8. The molecular formula is C30H34BrFN2O3. The number of nitrogens with zero attached hydrogens (tertiary/aromatic N) is 1. The molecule has 1 unspecified atom stereocenters. The summed E-state index contributed by atoms with van der Waals surface area (Å²) in [5.41, 5.74) is 3.22. The SMILES string of the molecule is CCCCNC(=O)C(Cc1ccccc1)N(Cc1ccccc1F)C(=O)COc1cc(C)c(Br)c(C)c1. The van der Waals surface area contributed by atoms with Gasteiger partial charge in [0.05, 0.1) is 0 Å². The fourth-order valence-corrected chi connectivity index (χ4v) is 4.32. The summed E-state index contributed by atoms with van der Waals surface area (Å²) in [6, 6.07) is 18.7. The van der Waals surface area contributed by atoms with Crippen molar-refractivity contribution in [2.75, 3.05) is 13.2 Å². The number of hydrogen-bond acceptors (Lipinski definition) is 3. The van der Waals surface area contributed by atoms with E-state index in [2.05, 4.69) is 21.2 Å². The quantitative estimate of drug-likeness (QED) is 0.267. The highest BCUT2D eigenvalue weighted by atomic mass is 79.9. The molecule has 0 fully saturated rings. The Balaban J connectivity index is 1.91. The number of carbonyl (C=O) groups excluding carboxylic acids is 2. The van der Waals surface area contributed by atoms with Crippen LogP contribution in [-0.4, -0.2) is 35.9 Å². The minimum Gasteiger partial charge on any atom is -0.484 e. The third-order valence-electron chi connectivity index (χ3n) is 6.17. The fraction of sp³-hybridized carbons (Fsp3) is 0.333. The molecular weight excluding hydrogens is 535 g/mol. The molecule has 3 aromatic carbocycles. The summed E-state index contributed by atoms with van der Waals surface area (Å²) in [5.74, 6) is -0.528. The summed E-state index contributed by atoms with van der Waals surface area (Å²) in [6.45, 7) is 6.13. The number of nitrogens with one attached hydrogen (secondary N) is 1. The van der Waals surface area contributed by atoms with Crippen LogP contribution >= 0.6 is 15.9 Å². The lowest BCUT2D eigenvalue weighted by atomic mass is 10.0. The lowest BCUT2D eigenvalue weighted by molar-refractivity contribution is -0.142. The molecule has 0 spiro atoms. The first kappa shape index (κ1) is 28.4. The summed E-state index contributed by atoms with van der Waals surface area (Å²) in [6.07, 6.45) is 2.06. The molecule has 0 saturated carbocycles. The summed E-state index contributed by atoms with van der Waals surface area (Å²) < 4.78 is 21.5. The lowest BCUT2D eigenvalue weighted by Crippen LogP contribution is -2.52. The van der Waals surface area contributed by atoms with Gasteiger partial charge in [0.2, 0.25) is 5.91 Å². The van der Waals surface area contributed by atoms with Crippen molar-refractivity contribution >= 4 is 27.7 Å². The van der Waals surface area contributed by atoms with Crippen LogP contribution in [0.2, 0.25) is 0 Å². The van der Waals surface area contributed by atoms with E-state index in [-0.39, 0.29) is 19.1 Å². The number of ether oxygens (including phenoxy) is 1. The topological polar surface area (TPSA) is 58.6 Å². The van der Waals surface area contributed by atoms with E-state index in [9.17, 15) is 14.0 Å². The molecule has 0 aliphatic carbocycles. The van der Waals surface area contributed by atoms with Gasteiger partial charge in [-0.1, -0.05) is 77.8 Å². The Bertz CT molecular complexity index is 1180. The van der Waals surface area contributed by atoms with Gasteiger partial charge in [0.1, 0.15) is 17.6 Å². The first-order valence-corrected chi connectivity index (χ1v) is 13.3. The molecule has 1 atom stereocenters. The molecule has 3 aromatic rings. The summed E-state index contributed by atoms with van der Waals surface area (Å²) >= 11 is 3.54. The largest absolute Gasteiger partial charge is 0.484 e. The second-order valence-electron chi connectivity index (χ2n) is 9.12. The van der Waals surface area contributed by atoms with Gasteiger partial charge in [-0.15, -0.1) is 0 Å². The Kier molecular flexibility index (Phi) is 10.7. The van der Waals surface area contributed by atoms with Crippen molar-refractivity contribution < 1.29 is 18.7 Å². The van der Waals surface area contributed by atoms with Gasteiger partial charge in [0, 0.05) is 29.5 Å². The Morgan fingerprint density at radius 3 is 2.32 bits per heavy atom. The van der Waals surface area contributed by atoms with E-state index in [4.69, 9.17) is 4.74 Å². The van der Waals surface area contributed by atoms with Crippen molar-refractivity contribution in [2.45, 2.75) is 52.6 Å². The normalized spacial score (nSPS) is 11.6. The van der Waals surface area contributed by atoms with Gasteiger partial charge in [-0.2, -0.15) is 0 Å². The van der Waals surface area contributed by atoms with Crippen LogP contribution in [0, 0.1) is 19.7 Å². The number of benzene rings is 3. The van der Waals surface area contributed by atoms with Gasteiger partial charge in [0.25, 0.3) is 5.91 Å². The zero-order chi connectivity index (χ0) is 26.8. The zero-order valence-electron chi connectivity index (χ0n) is 21.6. The van der Waals surface area contributed by atoms with Crippen LogP contribution < -0.4 is 10.1 Å². The van der Waals surface area contributed by atoms with Gasteiger partial charge in [0.15, 0.2) is 6.61 Å². The lowest BCUT2D eigenvalue weighted by Gasteiger charge is -2.31. The Labute approximate surface area is 227 Å². The van der Waals surface area contributed by atoms with Crippen molar-refractivity contribution in [1.82, 2.24) is 10.2 Å². The molecule has 0 radical (unpaired) electrons. The third kappa shape index (κ3) is 8.15. The molecule has 5 nitrogen and oxygen atoms in total. The molecule has 0 heterocycles. The molecule has 2 amide bonds. The van der Waals surface area contributed by atoms with E-state index < -0.39 is 17.8 Å². The summed E-state index contributed by atoms with van der Waals surface area (Å²) in [7, 11) is 0. The van der Waals surface area contributed by atoms with Gasteiger partial charge >= 0.3 is 0 Å². The molecule has 0 saturated heterocycles. The zero-order valence-corrected chi connectivity index (χ0v) is 23.2. The van der Waals surface area contributed by atoms with E-state index in [1.807, 2.05) is 63.2 Å². The number of rotatable bonds is 12. The molecule has 196 valence electrons. The average molecular weight is 570 g/mol. The number of amides is 2. The average Bonchev–Trinajstić information content (AvgIpc) is 2.89. The highest BCUT2D eigenvalue weighted by Gasteiger charge is 2.31. The number of unbranched alkanes of at least 4 members (excludes halogenated alkanes) is 1. The Morgan fingerprint density at radius 1 is 1.03 bits per heavy atom. The second-order valence-corrected chi connectivity index (χ2v) is 9.92. The maximum absolute atomic E-state index is 14.7. The molecule has 1 N–H and O–H groups in total. The minimum absolute atomic E-state index is 0.0496. The molecule has 0 aromatic heterocycles. The van der Waals surface area contributed by atoms with Crippen molar-refractivity contribution in [1.29, 1.82) is 0 Å².